The third-order valence-corrected chi connectivity index (χ3v) is 4.73. The SMILES string of the molecule is CC1(CN)CCN(CC(=O)N2CCCC(C(F)(F)F)C2)C1. The molecule has 2 saturated heterocycles. The van der Waals surface area contributed by atoms with Gasteiger partial charge in [0.1, 0.15) is 0 Å². The first-order chi connectivity index (χ1) is 9.73. The lowest BCUT2D eigenvalue weighted by Gasteiger charge is -2.34. The maximum atomic E-state index is 12.8. The number of alkyl halides is 3. The quantitative estimate of drug-likeness (QED) is 0.859. The Bertz CT molecular complexity index is 388. The highest BCUT2D eigenvalue weighted by molar-refractivity contribution is 5.78. The van der Waals surface area contributed by atoms with Gasteiger partial charge in [0.15, 0.2) is 0 Å². The molecular weight excluding hydrogens is 283 g/mol. The van der Waals surface area contributed by atoms with E-state index in [-0.39, 0.29) is 30.8 Å². The Morgan fingerprint density at radius 3 is 2.67 bits per heavy atom. The van der Waals surface area contributed by atoms with Crippen LogP contribution in [-0.4, -0.2) is 61.2 Å². The summed E-state index contributed by atoms with van der Waals surface area (Å²) in [5, 5.41) is 0. The number of hydrogen-bond acceptors (Lipinski definition) is 3. The fraction of sp³-hybridized carbons (Fsp3) is 0.929. The Kier molecular flexibility index (Phi) is 4.82. The summed E-state index contributed by atoms with van der Waals surface area (Å²) in [6.45, 7) is 4.63. The Morgan fingerprint density at radius 1 is 1.38 bits per heavy atom. The molecule has 2 heterocycles. The van der Waals surface area contributed by atoms with Crippen LogP contribution in [0, 0.1) is 11.3 Å². The first-order valence-electron chi connectivity index (χ1n) is 7.50. The molecule has 2 aliphatic rings. The third kappa shape index (κ3) is 4.10. The van der Waals surface area contributed by atoms with Crippen LogP contribution in [0.1, 0.15) is 26.2 Å². The van der Waals surface area contributed by atoms with Crippen molar-refractivity contribution in [2.75, 3.05) is 39.3 Å². The van der Waals surface area contributed by atoms with Crippen molar-refractivity contribution in [2.24, 2.45) is 17.1 Å². The fourth-order valence-corrected chi connectivity index (χ4v) is 3.19. The van der Waals surface area contributed by atoms with Crippen LogP contribution >= 0.6 is 0 Å². The van der Waals surface area contributed by atoms with Gasteiger partial charge in [-0.2, -0.15) is 13.2 Å². The average Bonchev–Trinajstić information content (AvgIpc) is 2.80. The molecule has 0 aromatic rings. The summed E-state index contributed by atoms with van der Waals surface area (Å²) in [5.41, 5.74) is 5.75. The topological polar surface area (TPSA) is 49.6 Å². The molecule has 0 saturated carbocycles. The molecule has 0 radical (unpaired) electrons. The molecule has 2 rings (SSSR count). The zero-order valence-electron chi connectivity index (χ0n) is 12.5. The molecule has 1 amide bonds. The Morgan fingerprint density at radius 2 is 2.10 bits per heavy atom. The number of hydrogen-bond donors (Lipinski definition) is 1. The van der Waals surface area contributed by atoms with Crippen LogP contribution in [0.25, 0.3) is 0 Å². The molecule has 122 valence electrons. The van der Waals surface area contributed by atoms with Crippen LogP contribution in [-0.2, 0) is 4.79 Å². The van der Waals surface area contributed by atoms with Gasteiger partial charge in [-0.15, -0.1) is 0 Å². The lowest BCUT2D eigenvalue weighted by molar-refractivity contribution is -0.188. The molecule has 2 atom stereocenters. The van der Waals surface area contributed by atoms with Gasteiger partial charge in [0.05, 0.1) is 12.5 Å². The van der Waals surface area contributed by atoms with Gasteiger partial charge >= 0.3 is 6.18 Å². The molecule has 21 heavy (non-hydrogen) atoms. The van der Waals surface area contributed by atoms with Gasteiger partial charge in [-0.1, -0.05) is 6.92 Å². The van der Waals surface area contributed by atoms with E-state index in [0.717, 1.165) is 19.5 Å². The second kappa shape index (κ2) is 6.12. The van der Waals surface area contributed by atoms with Crippen molar-refractivity contribution < 1.29 is 18.0 Å². The molecule has 0 aliphatic carbocycles. The molecular formula is C14H24F3N3O. The molecule has 4 nitrogen and oxygen atoms in total. The molecule has 0 bridgehead atoms. The van der Waals surface area contributed by atoms with Gasteiger partial charge < -0.3 is 10.6 Å². The van der Waals surface area contributed by atoms with E-state index in [2.05, 4.69) is 6.92 Å². The maximum Gasteiger partial charge on any atom is 0.393 e. The second-order valence-corrected chi connectivity index (χ2v) is 6.70. The fourth-order valence-electron chi connectivity index (χ4n) is 3.19. The Labute approximate surface area is 123 Å². The van der Waals surface area contributed by atoms with Crippen LogP contribution < -0.4 is 5.73 Å². The number of nitrogens with two attached hydrogens (primary N) is 1. The van der Waals surface area contributed by atoms with E-state index in [1.807, 2.05) is 4.90 Å². The number of piperidine rings is 1. The lowest BCUT2D eigenvalue weighted by Crippen LogP contribution is -2.48. The first kappa shape index (κ1) is 16.5. The number of rotatable bonds is 3. The second-order valence-electron chi connectivity index (χ2n) is 6.70. The Balaban J connectivity index is 1.86. The van der Waals surface area contributed by atoms with Crippen molar-refractivity contribution in [3.8, 4) is 0 Å². The minimum atomic E-state index is -4.20. The summed E-state index contributed by atoms with van der Waals surface area (Å²) in [6.07, 6.45) is -2.72. The summed E-state index contributed by atoms with van der Waals surface area (Å²) in [6, 6.07) is 0. The summed E-state index contributed by atoms with van der Waals surface area (Å²) >= 11 is 0. The molecule has 0 aromatic carbocycles. The molecule has 2 unspecified atom stereocenters. The molecule has 2 aliphatic heterocycles. The highest BCUT2D eigenvalue weighted by Crippen LogP contribution is 2.33. The van der Waals surface area contributed by atoms with Gasteiger partial charge in [0.25, 0.3) is 0 Å². The van der Waals surface area contributed by atoms with Crippen LogP contribution in [0.5, 0.6) is 0 Å². The average molecular weight is 307 g/mol. The first-order valence-corrected chi connectivity index (χ1v) is 7.50. The summed E-state index contributed by atoms with van der Waals surface area (Å²) < 4.78 is 38.3. The van der Waals surface area contributed by atoms with Crippen LogP contribution in [0.15, 0.2) is 0 Å². The van der Waals surface area contributed by atoms with Gasteiger partial charge in [-0.05, 0) is 37.8 Å². The van der Waals surface area contributed by atoms with Gasteiger partial charge in [-0.3, -0.25) is 9.69 Å². The van der Waals surface area contributed by atoms with Crippen molar-refractivity contribution in [1.29, 1.82) is 0 Å². The van der Waals surface area contributed by atoms with E-state index < -0.39 is 12.1 Å². The lowest BCUT2D eigenvalue weighted by atomic mass is 9.90. The molecule has 7 heteroatoms. The van der Waals surface area contributed by atoms with E-state index in [9.17, 15) is 18.0 Å². The van der Waals surface area contributed by atoms with E-state index >= 15 is 0 Å². The zero-order chi connectivity index (χ0) is 15.7. The van der Waals surface area contributed by atoms with E-state index in [1.165, 1.54) is 4.90 Å². The smallest absolute Gasteiger partial charge is 0.341 e. The van der Waals surface area contributed by atoms with E-state index in [1.54, 1.807) is 0 Å². The summed E-state index contributed by atoms with van der Waals surface area (Å²) in [5.74, 6) is -1.56. The van der Waals surface area contributed by atoms with Gasteiger partial charge in [0.2, 0.25) is 5.91 Å². The Hall–Kier alpha value is -0.820. The minimum Gasteiger partial charge on any atom is -0.341 e. The van der Waals surface area contributed by atoms with Crippen molar-refractivity contribution in [2.45, 2.75) is 32.4 Å². The predicted octanol–water partition coefficient (Wildman–Crippen LogP) is 1.46. The minimum absolute atomic E-state index is 0.0245. The zero-order valence-corrected chi connectivity index (χ0v) is 12.5. The maximum absolute atomic E-state index is 12.8. The predicted molar refractivity (Wildman–Crippen MR) is 73.6 cm³/mol. The van der Waals surface area contributed by atoms with E-state index in [4.69, 9.17) is 5.73 Å². The van der Waals surface area contributed by atoms with Crippen molar-refractivity contribution in [1.82, 2.24) is 9.80 Å². The van der Waals surface area contributed by atoms with Crippen molar-refractivity contribution in [3.63, 3.8) is 0 Å². The number of halogens is 3. The summed E-state index contributed by atoms with van der Waals surface area (Å²) in [4.78, 5) is 15.6. The third-order valence-electron chi connectivity index (χ3n) is 4.73. The molecule has 0 spiro atoms. The number of carbonyl (C=O) groups excluding carboxylic acids is 1. The van der Waals surface area contributed by atoms with Gasteiger partial charge in [-0.25, -0.2) is 0 Å². The number of amides is 1. The molecule has 2 N–H and O–H groups in total. The van der Waals surface area contributed by atoms with Gasteiger partial charge in [0, 0.05) is 19.6 Å². The van der Waals surface area contributed by atoms with Crippen LogP contribution in [0.3, 0.4) is 0 Å². The summed E-state index contributed by atoms with van der Waals surface area (Å²) in [7, 11) is 0. The van der Waals surface area contributed by atoms with Crippen LogP contribution in [0.4, 0.5) is 13.2 Å². The number of carbonyl (C=O) groups is 1. The normalized spacial score (nSPS) is 31.7. The van der Waals surface area contributed by atoms with E-state index in [0.29, 0.717) is 19.5 Å². The number of likely N-dealkylation sites (tertiary alicyclic amines) is 2. The largest absolute Gasteiger partial charge is 0.393 e. The van der Waals surface area contributed by atoms with Crippen LogP contribution in [0.2, 0.25) is 0 Å². The molecule has 2 fully saturated rings. The standard InChI is InChI=1S/C14H24F3N3O/c1-13(9-18)4-6-19(10-13)8-12(21)20-5-2-3-11(7-20)14(15,16)17/h11H,2-10,18H2,1H3. The van der Waals surface area contributed by atoms with Crippen molar-refractivity contribution >= 4 is 5.91 Å². The molecule has 0 aromatic heterocycles. The van der Waals surface area contributed by atoms with Crippen molar-refractivity contribution in [3.05, 3.63) is 0 Å². The highest BCUT2D eigenvalue weighted by atomic mass is 19.4. The number of nitrogens with zero attached hydrogens (tertiary/aromatic N) is 2. The monoisotopic (exact) mass is 307 g/mol. The highest BCUT2D eigenvalue weighted by Gasteiger charge is 2.43.